The van der Waals surface area contributed by atoms with Gasteiger partial charge in [-0.2, -0.15) is 24.6 Å². The summed E-state index contributed by atoms with van der Waals surface area (Å²) >= 11 is 0. The van der Waals surface area contributed by atoms with E-state index in [1.165, 1.54) is 23.2 Å². The minimum absolute atomic E-state index is 0. The van der Waals surface area contributed by atoms with Gasteiger partial charge in [0, 0.05) is 32.1 Å². The Kier molecular flexibility index (Phi) is 18.9. The van der Waals surface area contributed by atoms with Gasteiger partial charge in [-0.05, 0) is 57.4 Å². The average molecular weight is 973 g/mol. The van der Waals surface area contributed by atoms with Crippen molar-refractivity contribution >= 4 is 65.9 Å². The van der Waals surface area contributed by atoms with Gasteiger partial charge in [-0.3, -0.25) is 5.43 Å². The molecule has 24 nitrogen and oxygen atoms in total. The Bertz CT molecular complexity index is 3280. The normalized spacial score (nSPS) is 11.1. The number of hydrogen-bond donors (Lipinski definition) is 3. The Morgan fingerprint density at radius 3 is 1.69 bits per heavy atom. The molecule has 0 aliphatic carbocycles. The molecule has 7 rings (SSSR count). The van der Waals surface area contributed by atoms with Gasteiger partial charge in [0.1, 0.15) is 49.7 Å². The number of nitriles is 1. The summed E-state index contributed by atoms with van der Waals surface area (Å²) in [7, 11) is -3.61. The van der Waals surface area contributed by atoms with Gasteiger partial charge in [-0.1, -0.05) is 34.3 Å². The van der Waals surface area contributed by atoms with E-state index in [-0.39, 0.29) is 63.7 Å². The Balaban J connectivity index is 0.000000288. The van der Waals surface area contributed by atoms with Crippen LogP contribution in [0.25, 0.3) is 51.3 Å². The zero-order chi connectivity index (χ0) is 49.8. The summed E-state index contributed by atoms with van der Waals surface area (Å²) in [4.78, 5) is 61.7. The van der Waals surface area contributed by atoms with E-state index in [9.17, 15) is 21.6 Å². The van der Waals surface area contributed by atoms with E-state index in [0.717, 1.165) is 16.7 Å². The molecule has 0 aliphatic rings. The Morgan fingerprint density at radius 2 is 1.28 bits per heavy atom. The number of esters is 1. The van der Waals surface area contributed by atoms with Gasteiger partial charge in [0.15, 0.2) is 42.6 Å². The zero-order valence-electron chi connectivity index (χ0n) is 38.0. The van der Waals surface area contributed by atoms with Gasteiger partial charge in [-0.25, -0.2) is 67.3 Å². The molecule has 0 spiro atoms. The molecule has 0 saturated heterocycles. The first-order valence-electron chi connectivity index (χ1n) is 20.1. The summed E-state index contributed by atoms with van der Waals surface area (Å²) in [5.41, 5.74) is 14.3. The Labute approximate surface area is 392 Å². The van der Waals surface area contributed by atoms with Crippen molar-refractivity contribution in [2.75, 3.05) is 29.3 Å². The van der Waals surface area contributed by atoms with E-state index in [0.29, 0.717) is 52.8 Å². The maximum atomic E-state index is 12.8. The summed E-state index contributed by atoms with van der Waals surface area (Å²) in [6, 6.07) is 5.49. The number of carbonyl (C=O) groups is 1. The highest BCUT2D eigenvalue weighted by molar-refractivity contribution is 7.91. The number of nitrogens with one attached hydrogen (secondary N) is 1. The second-order valence-corrected chi connectivity index (χ2v) is 18.4. The van der Waals surface area contributed by atoms with Crippen LogP contribution in [-0.2, 0) is 59.3 Å². The number of ether oxygens (including phenoxy) is 1. The van der Waals surface area contributed by atoms with Crippen molar-refractivity contribution in [3.8, 4) is 35.1 Å². The van der Waals surface area contributed by atoms with Gasteiger partial charge in [0.25, 0.3) is 5.95 Å². The first-order valence-corrected chi connectivity index (χ1v) is 23.4. The van der Waals surface area contributed by atoms with Crippen LogP contribution in [0, 0.1) is 25.2 Å². The van der Waals surface area contributed by atoms with E-state index in [4.69, 9.17) is 26.4 Å². The van der Waals surface area contributed by atoms with Crippen LogP contribution in [0.4, 0.5) is 11.8 Å². The molecule has 5 N–H and O–H groups in total. The van der Waals surface area contributed by atoms with Gasteiger partial charge in [-0.15, -0.1) is 0 Å². The predicted octanol–water partition coefficient (Wildman–Crippen LogP) is 3.74. The van der Waals surface area contributed by atoms with Crippen LogP contribution < -0.4 is 17.0 Å². The molecule has 7 heterocycles. The molecule has 0 amide bonds. The van der Waals surface area contributed by atoms with Crippen LogP contribution in [0.5, 0.6) is 0 Å². The van der Waals surface area contributed by atoms with Crippen LogP contribution in [-0.4, -0.2) is 106 Å². The largest absolute Gasteiger partial charge is 0.462 e. The number of aromatic nitrogens is 12. The second-order valence-electron chi connectivity index (χ2n) is 13.9. The van der Waals surface area contributed by atoms with Crippen molar-refractivity contribution in [3.63, 3.8) is 0 Å². The number of fused-ring (bicyclic) bond motifs is 2. The highest BCUT2D eigenvalue weighted by atomic mass is 32.2. The first-order chi connectivity index (χ1) is 31.8. The predicted molar refractivity (Wildman–Crippen MR) is 250 cm³/mol. The van der Waals surface area contributed by atoms with Gasteiger partial charge in [0.2, 0.25) is 5.95 Å². The molecule has 0 fully saturated rings. The average Bonchev–Trinajstić information content (AvgIpc) is 3.97. The number of carbonyl (C=O) groups excluding carboxylic acids is 3. The van der Waals surface area contributed by atoms with Crippen molar-refractivity contribution in [1.29, 1.82) is 5.26 Å². The SMILES string of the molecule is C.C/C=C(/C#N)C(=O)OCC.CCS(=O)(=O)c1cnc(NN)nc1-c1nc2cc(C)cnc2n1C.CCc1cnn(-c2ncc(S(=O)(=O)CC)c(-c3nc4cc(C)cnc4n3C)n2)c1N.O=C=O. The lowest BCUT2D eigenvalue weighted by molar-refractivity contribution is -0.191. The van der Waals surface area contributed by atoms with Gasteiger partial charge in [0.05, 0.1) is 36.7 Å². The Hall–Kier alpha value is -7.85. The number of pyridine rings is 2. The topological polar surface area (TPSA) is 347 Å². The summed E-state index contributed by atoms with van der Waals surface area (Å²) in [6.07, 6.45) is 10.0. The smallest absolute Gasteiger partial charge is 0.373 e. The number of aryl methyl sites for hydroxylation is 5. The number of nitrogen functional groups attached to an aromatic ring is 2. The molecule has 0 unspecified atom stereocenters. The third-order valence-corrected chi connectivity index (χ3v) is 13.0. The zero-order valence-corrected chi connectivity index (χ0v) is 39.6. The lowest BCUT2D eigenvalue weighted by Crippen LogP contribution is -2.14. The van der Waals surface area contributed by atoms with E-state index in [2.05, 4.69) is 55.1 Å². The molecule has 7 aromatic heterocycles. The fraction of sp³-hybridized carbons (Fsp3) is 0.333. The monoisotopic (exact) mass is 972 g/mol. The molecule has 0 atom stereocenters. The maximum Gasteiger partial charge on any atom is 0.373 e. The number of hydrazine groups is 1. The highest BCUT2D eigenvalue weighted by Crippen LogP contribution is 2.30. The number of nitrogens with zero attached hydrogens (tertiary/aromatic N) is 13. The van der Waals surface area contributed by atoms with E-state index < -0.39 is 25.6 Å². The molecule has 26 heteroatoms. The minimum Gasteiger partial charge on any atom is -0.462 e. The van der Waals surface area contributed by atoms with Crippen LogP contribution in [0.2, 0.25) is 0 Å². The summed E-state index contributed by atoms with van der Waals surface area (Å²) in [6.45, 7) is 12.6. The number of nitrogens with two attached hydrogens (primary N) is 2. The molecular formula is C42H52N16O8S2. The molecule has 0 aliphatic heterocycles. The minimum atomic E-state index is -3.61. The number of hydrogen-bond acceptors (Lipinski definition) is 21. The summed E-state index contributed by atoms with van der Waals surface area (Å²) in [5, 5.41) is 12.6. The third kappa shape index (κ3) is 11.9. The van der Waals surface area contributed by atoms with Crippen molar-refractivity contribution < 1.29 is 36.0 Å². The number of allylic oxidation sites excluding steroid dienone is 1. The number of anilines is 2. The lowest BCUT2D eigenvalue weighted by Gasteiger charge is -2.11. The molecule has 0 radical (unpaired) electrons. The van der Waals surface area contributed by atoms with Gasteiger partial charge >= 0.3 is 12.1 Å². The fourth-order valence-corrected chi connectivity index (χ4v) is 7.94. The fourth-order valence-electron chi connectivity index (χ4n) is 6.03. The summed E-state index contributed by atoms with van der Waals surface area (Å²) < 4.78 is 59.7. The second kappa shape index (κ2) is 23.6. The van der Waals surface area contributed by atoms with Crippen LogP contribution in [0.3, 0.4) is 0 Å². The van der Waals surface area contributed by atoms with Crippen LogP contribution in [0.15, 0.2) is 64.6 Å². The molecule has 0 bridgehead atoms. The summed E-state index contributed by atoms with van der Waals surface area (Å²) in [5.74, 6) is 6.10. The molecule has 360 valence electrons. The maximum absolute atomic E-state index is 12.8. The van der Waals surface area contributed by atoms with Gasteiger partial charge < -0.3 is 19.6 Å². The van der Waals surface area contributed by atoms with Crippen molar-refractivity contribution in [1.82, 2.24) is 58.8 Å². The van der Waals surface area contributed by atoms with Crippen molar-refractivity contribution in [3.05, 3.63) is 71.5 Å². The number of imidazole rings is 2. The van der Waals surface area contributed by atoms with Crippen LogP contribution in [0.1, 0.15) is 58.7 Å². The molecule has 0 saturated carbocycles. The third-order valence-electron chi connectivity index (χ3n) is 9.53. The molecule has 0 aromatic carbocycles. The van der Waals surface area contributed by atoms with E-state index in [1.54, 1.807) is 75.6 Å². The standard InChI is InChI=1S/C19H22N8O2S.C14H17N7O2S.C7H9NO2.CO2.CH4/c1-5-12-9-23-27(16(12)20)19-22-10-14(30(28,29)6-2)15(25-19)18-24-13-7-11(3)8-21-17(13)26(18)4;1-4-24(22,23)10-7-17-14(20-15)19-11(10)13-18-9-5-8(2)6-16-12(9)21(13)3;1-3-6(5-8)7(9)10-4-2;2-1-3;/h7-10H,5-6,20H2,1-4H3;5-7H,4,15H2,1-3H3,(H,17,19,20);3H,4H2,1-2H3;;1H4/b;;6-3-;;. The van der Waals surface area contributed by atoms with E-state index in [1.807, 2.05) is 32.9 Å². The first kappa shape index (κ1) is 54.5. The molecule has 7 aromatic rings. The quantitative estimate of drug-likeness (QED) is 0.0546. The lowest BCUT2D eigenvalue weighted by atomic mass is 10.3. The Morgan fingerprint density at radius 1 is 0.794 bits per heavy atom. The van der Waals surface area contributed by atoms with Crippen LogP contribution >= 0.6 is 0 Å². The molecule has 68 heavy (non-hydrogen) atoms. The van der Waals surface area contributed by atoms with Crippen molar-refractivity contribution in [2.45, 2.75) is 72.1 Å². The number of sulfone groups is 2. The van der Waals surface area contributed by atoms with E-state index >= 15 is 0 Å². The van der Waals surface area contributed by atoms with Crippen molar-refractivity contribution in [2.24, 2.45) is 19.9 Å². The number of rotatable bonds is 11. The molecular weight excluding hydrogens is 921 g/mol. The highest BCUT2D eigenvalue weighted by Gasteiger charge is 2.27.